The topological polar surface area (TPSA) is 88.4 Å². The van der Waals surface area contributed by atoms with Crippen molar-refractivity contribution in [2.45, 2.75) is 47.0 Å². The molecule has 1 aromatic heterocycles. The Morgan fingerprint density at radius 1 is 1.32 bits per heavy atom. The number of carbonyl (C=O) groups is 2. The van der Waals surface area contributed by atoms with E-state index in [4.69, 9.17) is 9.47 Å². The van der Waals surface area contributed by atoms with Crippen molar-refractivity contribution >= 4 is 28.5 Å². The number of hydrogen-bond donors (Lipinski definition) is 1. The molecular weight excluding hydrogens is 412 g/mol. The number of aldehydes is 1. The Hall–Kier alpha value is -2.85. The zero-order valence-corrected chi connectivity index (χ0v) is 19.2. The van der Waals surface area contributed by atoms with E-state index >= 15 is 0 Å². The smallest absolute Gasteiger partial charge is 0.262 e. The lowest BCUT2D eigenvalue weighted by atomic mass is 9.72. The molecule has 0 radical (unpaired) electrons. The fraction of sp³-hybridized carbons (Fsp3) is 0.458. The van der Waals surface area contributed by atoms with Crippen LogP contribution in [0.25, 0.3) is 0 Å². The zero-order valence-electron chi connectivity index (χ0n) is 18.4. The number of nitrogens with zero attached hydrogens (tertiary/aromatic N) is 1. The Morgan fingerprint density at radius 2 is 2.10 bits per heavy atom. The molecule has 1 aromatic carbocycles. The Kier molecular flexibility index (Phi) is 7.01. The maximum Gasteiger partial charge on any atom is 0.262 e. The summed E-state index contributed by atoms with van der Waals surface area (Å²) in [4.78, 5) is 24.7. The molecule has 164 valence electrons. The third-order valence-electron chi connectivity index (χ3n) is 5.62. The lowest BCUT2D eigenvalue weighted by molar-refractivity contribution is -0.118. The first-order valence-electron chi connectivity index (χ1n) is 10.5. The SMILES string of the molecule is CCOc1cc(C=O)ccc1OCC(=O)Nc1sc2c(c1C#N)CC[C@H](C(C)(C)C)C2. The minimum absolute atomic E-state index is 0.212. The van der Waals surface area contributed by atoms with Crippen molar-refractivity contribution in [1.29, 1.82) is 5.26 Å². The summed E-state index contributed by atoms with van der Waals surface area (Å²) in [5, 5.41) is 13.1. The quantitative estimate of drug-likeness (QED) is 0.612. The molecule has 0 spiro atoms. The second kappa shape index (κ2) is 9.52. The van der Waals surface area contributed by atoms with E-state index in [2.05, 4.69) is 32.2 Å². The van der Waals surface area contributed by atoms with Crippen LogP contribution in [0.3, 0.4) is 0 Å². The number of amides is 1. The predicted molar refractivity (Wildman–Crippen MR) is 121 cm³/mol. The van der Waals surface area contributed by atoms with Gasteiger partial charge in [-0.15, -0.1) is 11.3 Å². The van der Waals surface area contributed by atoms with Crippen LogP contribution < -0.4 is 14.8 Å². The minimum atomic E-state index is -0.343. The summed E-state index contributed by atoms with van der Waals surface area (Å²) in [5.41, 5.74) is 2.33. The van der Waals surface area contributed by atoms with Crippen LogP contribution in [0.2, 0.25) is 0 Å². The molecule has 31 heavy (non-hydrogen) atoms. The van der Waals surface area contributed by atoms with Gasteiger partial charge in [-0.25, -0.2) is 0 Å². The average molecular weight is 441 g/mol. The Labute approximate surface area is 187 Å². The van der Waals surface area contributed by atoms with Crippen molar-refractivity contribution in [3.63, 3.8) is 0 Å². The molecule has 0 fully saturated rings. The van der Waals surface area contributed by atoms with Crippen LogP contribution in [-0.4, -0.2) is 25.4 Å². The first kappa shape index (κ1) is 22.8. The summed E-state index contributed by atoms with van der Waals surface area (Å²) < 4.78 is 11.1. The maximum atomic E-state index is 12.5. The van der Waals surface area contributed by atoms with E-state index in [-0.39, 0.29) is 17.9 Å². The Morgan fingerprint density at radius 3 is 2.74 bits per heavy atom. The molecule has 0 unspecified atom stereocenters. The van der Waals surface area contributed by atoms with Gasteiger partial charge in [0.15, 0.2) is 18.1 Å². The number of fused-ring (bicyclic) bond motifs is 1. The maximum absolute atomic E-state index is 12.5. The molecule has 6 nitrogen and oxygen atoms in total. The Bertz CT molecular complexity index is 1010. The molecule has 1 heterocycles. The first-order valence-corrected chi connectivity index (χ1v) is 11.3. The molecular formula is C24H28N2O4S. The summed E-state index contributed by atoms with van der Waals surface area (Å²) in [7, 11) is 0. The summed E-state index contributed by atoms with van der Waals surface area (Å²) in [5.74, 6) is 1.02. The molecule has 1 atom stereocenters. The molecule has 0 saturated carbocycles. The third-order valence-corrected chi connectivity index (χ3v) is 6.79. The number of rotatable bonds is 7. The average Bonchev–Trinajstić information content (AvgIpc) is 3.08. The van der Waals surface area contributed by atoms with E-state index in [0.717, 1.165) is 31.1 Å². The molecule has 1 aliphatic rings. The van der Waals surface area contributed by atoms with Gasteiger partial charge < -0.3 is 14.8 Å². The molecule has 3 rings (SSSR count). The minimum Gasteiger partial charge on any atom is -0.490 e. The third kappa shape index (κ3) is 5.26. The summed E-state index contributed by atoms with van der Waals surface area (Å²) >= 11 is 1.50. The second-order valence-electron chi connectivity index (χ2n) is 8.72. The molecule has 7 heteroatoms. The number of benzene rings is 1. The van der Waals surface area contributed by atoms with Gasteiger partial charge in [-0.1, -0.05) is 20.8 Å². The molecule has 0 saturated heterocycles. The molecule has 2 aromatic rings. The van der Waals surface area contributed by atoms with E-state index in [9.17, 15) is 14.9 Å². The standard InChI is InChI=1S/C24H28N2O4S/c1-5-29-20-10-15(13-27)6-9-19(20)30-14-22(28)26-23-18(12-25)17-8-7-16(24(2,3)4)11-21(17)31-23/h6,9-10,13,16H,5,7-8,11,14H2,1-4H3,(H,26,28)/t16-/m0/s1. The second-order valence-corrected chi connectivity index (χ2v) is 9.82. The van der Waals surface area contributed by atoms with Crippen LogP contribution in [0.15, 0.2) is 18.2 Å². The highest BCUT2D eigenvalue weighted by Crippen LogP contribution is 2.44. The van der Waals surface area contributed by atoms with E-state index in [0.29, 0.717) is 40.2 Å². The number of anilines is 1. The normalized spacial score (nSPS) is 15.5. The monoisotopic (exact) mass is 440 g/mol. The van der Waals surface area contributed by atoms with Crippen molar-refractivity contribution in [2.75, 3.05) is 18.5 Å². The van der Waals surface area contributed by atoms with Gasteiger partial charge in [0.25, 0.3) is 5.91 Å². The summed E-state index contributed by atoms with van der Waals surface area (Å²) in [6, 6.07) is 7.07. The van der Waals surface area contributed by atoms with E-state index in [1.54, 1.807) is 18.2 Å². The van der Waals surface area contributed by atoms with Gasteiger partial charge in [-0.3, -0.25) is 9.59 Å². The fourth-order valence-electron chi connectivity index (χ4n) is 3.82. The molecule has 1 amide bonds. The zero-order chi connectivity index (χ0) is 22.6. The van der Waals surface area contributed by atoms with Gasteiger partial charge in [-0.05, 0) is 61.3 Å². The lowest BCUT2D eigenvalue weighted by Crippen LogP contribution is -2.26. The number of thiophene rings is 1. The number of nitrogens with one attached hydrogen (secondary N) is 1. The largest absolute Gasteiger partial charge is 0.490 e. The van der Waals surface area contributed by atoms with Gasteiger partial charge in [0, 0.05) is 10.4 Å². The van der Waals surface area contributed by atoms with Gasteiger partial charge in [-0.2, -0.15) is 5.26 Å². The number of carbonyl (C=O) groups excluding carboxylic acids is 2. The van der Waals surface area contributed by atoms with Gasteiger partial charge in [0.05, 0.1) is 12.2 Å². The fourth-order valence-corrected chi connectivity index (χ4v) is 5.12. The molecule has 1 N–H and O–H groups in total. The van der Waals surface area contributed by atoms with Crippen LogP contribution in [0.1, 0.15) is 60.5 Å². The van der Waals surface area contributed by atoms with Crippen LogP contribution >= 0.6 is 11.3 Å². The highest BCUT2D eigenvalue weighted by molar-refractivity contribution is 7.16. The van der Waals surface area contributed by atoms with Crippen molar-refractivity contribution in [1.82, 2.24) is 0 Å². The Balaban J connectivity index is 1.70. The number of nitriles is 1. The summed E-state index contributed by atoms with van der Waals surface area (Å²) in [6.45, 7) is 8.76. The van der Waals surface area contributed by atoms with Crippen molar-refractivity contribution in [3.05, 3.63) is 39.8 Å². The van der Waals surface area contributed by atoms with Crippen LogP contribution in [0.4, 0.5) is 5.00 Å². The van der Waals surface area contributed by atoms with Gasteiger partial charge >= 0.3 is 0 Å². The molecule has 1 aliphatic carbocycles. The van der Waals surface area contributed by atoms with Crippen LogP contribution in [0.5, 0.6) is 11.5 Å². The predicted octanol–water partition coefficient (Wildman–Crippen LogP) is 5.00. The molecule has 0 bridgehead atoms. The highest BCUT2D eigenvalue weighted by Gasteiger charge is 2.32. The van der Waals surface area contributed by atoms with E-state index in [1.165, 1.54) is 16.2 Å². The van der Waals surface area contributed by atoms with Crippen molar-refractivity contribution in [2.24, 2.45) is 11.3 Å². The highest BCUT2D eigenvalue weighted by atomic mass is 32.1. The van der Waals surface area contributed by atoms with E-state index in [1.807, 2.05) is 6.92 Å². The van der Waals surface area contributed by atoms with E-state index < -0.39 is 0 Å². The van der Waals surface area contributed by atoms with Crippen LogP contribution in [0, 0.1) is 22.7 Å². The van der Waals surface area contributed by atoms with Crippen molar-refractivity contribution in [3.8, 4) is 17.6 Å². The summed E-state index contributed by atoms with van der Waals surface area (Å²) in [6.07, 6.45) is 3.58. The van der Waals surface area contributed by atoms with Crippen molar-refractivity contribution < 1.29 is 19.1 Å². The first-order chi connectivity index (χ1) is 14.8. The lowest BCUT2D eigenvalue weighted by Gasteiger charge is -2.33. The number of hydrogen-bond acceptors (Lipinski definition) is 6. The number of ether oxygens (including phenoxy) is 2. The van der Waals surface area contributed by atoms with Gasteiger partial charge in [0.1, 0.15) is 17.4 Å². The van der Waals surface area contributed by atoms with Gasteiger partial charge in [0.2, 0.25) is 0 Å². The van der Waals surface area contributed by atoms with Crippen LogP contribution in [-0.2, 0) is 17.6 Å². The molecule has 0 aliphatic heterocycles.